The van der Waals surface area contributed by atoms with Gasteiger partial charge in [-0.2, -0.15) is 4.58 Å². The van der Waals surface area contributed by atoms with E-state index in [9.17, 15) is 4.79 Å². The van der Waals surface area contributed by atoms with Gasteiger partial charge in [-0.25, -0.2) is 0 Å². The van der Waals surface area contributed by atoms with Crippen LogP contribution in [-0.2, 0) is 14.9 Å². The smallest absolute Gasteiger partial charge is 0.305 e. The van der Waals surface area contributed by atoms with Crippen molar-refractivity contribution in [2.24, 2.45) is 0 Å². The lowest BCUT2D eigenvalue weighted by atomic mass is 9.82. The first-order chi connectivity index (χ1) is 13.0. The number of hydrogen-bond donors (Lipinski definition) is 0. The Morgan fingerprint density at radius 1 is 0.964 bits per heavy atom. The van der Waals surface area contributed by atoms with E-state index in [0.717, 1.165) is 19.4 Å². The molecule has 0 fully saturated rings. The molecule has 0 saturated carbocycles. The lowest BCUT2D eigenvalue weighted by Gasteiger charge is -2.14. The summed E-state index contributed by atoms with van der Waals surface area (Å²) in [6.45, 7) is 10.4. The minimum atomic E-state index is -0.0451. The van der Waals surface area contributed by atoms with Crippen molar-refractivity contribution in [1.29, 1.82) is 0 Å². The van der Waals surface area contributed by atoms with Gasteiger partial charge in [-0.1, -0.05) is 50.3 Å². The molecule has 0 aliphatic carbocycles. The Bertz CT molecular complexity index is 652. The SMILES string of the molecule is CCOC(=O)CCCCCCCCCC[N+]1=C(C)C(C)(C)c2ccccc21.[Br-]. The number of halogens is 1. The Morgan fingerprint density at radius 2 is 1.54 bits per heavy atom. The van der Waals surface area contributed by atoms with Crippen LogP contribution in [0, 0.1) is 0 Å². The normalized spacial score (nSPS) is 14.6. The van der Waals surface area contributed by atoms with E-state index in [1.807, 2.05) is 6.92 Å². The quantitative estimate of drug-likeness (QED) is 0.277. The zero-order valence-corrected chi connectivity index (χ0v) is 19.8. The Morgan fingerprint density at radius 3 is 2.18 bits per heavy atom. The number of nitrogens with zero attached hydrogens (tertiary/aromatic N) is 1. The van der Waals surface area contributed by atoms with Gasteiger partial charge in [0.05, 0.1) is 12.0 Å². The first-order valence-corrected chi connectivity index (χ1v) is 10.8. The fourth-order valence-electron chi connectivity index (χ4n) is 4.07. The van der Waals surface area contributed by atoms with Crippen LogP contribution in [0.15, 0.2) is 24.3 Å². The minimum Gasteiger partial charge on any atom is -1.00 e. The first-order valence-electron chi connectivity index (χ1n) is 10.8. The lowest BCUT2D eigenvalue weighted by molar-refractivity contribution is -0.439. The van der Waals surface area contributed by atoms with Crippen LogP contribution in [-0.4, -0.2) is 29.4 Å². The second-order valence-corrected chi connectivity index (χ2v) is 8.26. The summed E-state index contributed by atoms with van der Waals surface area (Å²) in [5.41, 5.74) is 4.50. The van der Waals surface area contributed by atoms with Crippen LogP contribution in [0.5, 0.6) is 0 Å². The number of esters is 1. The molecule has 0 N–H and O–H groups in total. The van der Waals surface area contributed by atoms with Crippen molar-refractivity contribution in [3.05, 3.63) is 29.8 Å². The number of unbranched alkanes of at least 4 members (excludes halogenated alkanes) is 7. The van der Waals surface area contributed by atoms with E-state index in [2.05, 4.69) is 49.6 Å². The van der Waals surface area contributed by atoms with Gasteiger partial charge < -0.3 is 21.7 Å². The third-order valence-corrected chi connectivity index (χ3v) is 6.00. The van der Waals surface area contributed by atoms with E-state index < -0.39 is 0 Å². The van der Waals surface area contributed by atoms with Gasteiger partial charge in [-0.15, -0.1) is 0 Å². The second-order valence-electron chi connectivity index (χ2n) is 8.26. The molecule has 1 aliphatic heterocycles. The van der Waals surface area contributed by atoms with Gasteiger partial charge in [-0.05, 0) is 33.6 Å². The number of hydrogen-bond acceptors (Lipinski definition) is 2. The lowest BCUT2D eigenvalue weighted by Crippen LogP contribution is -3.00. The summed E-state index contributed by atoms with van der Waals surface area (Å²) in [4.78, 5) is 11.3. The molecular formula is C24H38BrNO2. The van der Waals surface area contributed by atoms with Crippen molar-refractivity contribution in [1.82, 2.24) is 0 Å². The molecule has 0 bridgehead atoms. The highest BCUT2D eigenvalue weighted by Crippen LogP contribution is 2.39. The van der Waals surface area contributed by atoms with Gasteiger partial charge in [0.2, 0.25) is 5.69 Å². The summed E-state index contributed by atoms with van der Waals surface area (Å²) in [5, 5.41) is 0. The fourth-order valence-corrected chi connectivity index (χ4v) is 4.07. The molecular weight excluding hydrogens is 414 g/mol. The third-order valence-electron chi connectivity index (χ3n) is 6.00. The minimum absolute atomic E-state index is 0. The van der Waals surface area contributed by atoms with Crippen molar-refractivity contribution < 1.29 is 31.1 Å². The topological polar surface area (TPSA) is 29.3 Å². The number of fused-ring (bicyclic) bond motifs is 1. The van der Waals surface area contributed by atoms with Crippen LogP contribution in [0.4, 0.5) is 5.69 Å². The van der Waals surface area contributed by atoms with Gasteiger partial charge in [0.1, 0.15) is 6.54 Å². The Hall–Kier alpha value is -1.16. The van der Waals surface area contributed by atoms with Gasteiger partial charge >= 0.3 is 5.97 Å². The molecule has 0 amide bonds. The predicted molar refractivity (Wildman–Crippen MR) is 113 cm³/mol. The molecule has 1 aliphatic rings. The Labute approximate surface area is 182 Å². The highest BCUT2D eigenvalue weighted by atomic mass is 79.9. The average molecular weight is 452 g/mol. The molecule has 1 aromatic rings. The van der Waals surface area contributed by atoms with E-state index in [1.165, 1.54) is 55.5 Å². The Balaban J connectivity index is 0.00000392. The van der Waals surface area contributed by atoms with Crippen molar-refractivity contribution in [3.8, 4) is 0 Å². The van der Waals surface area contributed by atoms with Crippen molar-refractivity contribution >= 4 is 17.4 Å². The van der Waals surface area contributed by atoms with Crippen LogP contribution in [0.1, 0.15) is 91.0 Å². The van der Waals surface area contributed by atoms with Gasteiger partial charge in [-0.3, -0.25) is 4.79 Å². The second kappa shape index (κ2) is 12.4. The zero-order valence-electron chi connectivity index (χ0n) is 18.2. The van der Waals surface area contributed by atoms with E-state index in [-0.39, 0.29) is 28.4 Å². The fraction of sp³-hybridized carbons (Fsp3) is 0.667. The molecule has 3 nitrogen and oxygen atoms in total. The van der Waals surface area contributed by atoms with Crippen LogP contribution in [0.3, 0.4) is 0 Å². The zero-order chi connectivity index (χ0) is 19.7. The summed E-state index contributed by atoms with van der Waals surface area (Å²) < 4.78 is 7.49. The molecule has 2 rings (SSSR count). The maximum atomic E-state index is 11.3. The van der Waals surface area contributed by atoms with Crippen LogP contribution in [0.25, 0.3) is 0 Å². The number of carbonyl (C=O) groups excluding carboxylic acids is 1. The molecule has 0 radical (unpaired) electrons. The number of rotatable bonds is 12. The average Bonchev–Trinajstić information content (AvgIpc) is 2.84. The summed E-state index contributed by atoms with van der Waals surface area (Å²) in [6.07, 6.45) is 10.4. The number of para-hydroxylation sites is 1. The van der Waals surface area contributed by atoms with Crippen molar-refractivity contribution in [3.63, 3.8) is 0 Å². The van der Waals surface area contributed by atoms with Crippen LogP contribution >= 0.6 is 0 Å². The van der Waals surface area contributed by atoms with Crippen molar-refractivity contribution in [2.75, 3.05) is 13.2 Å². The van der Waals surface area contributed by atoms with Gasteiger partial charge in [0.15, 0.2) is 5.71 Å². The molecule has 0 unspecified atom stereocenters. The van der Waals surface area contributed by atoms with Gasteiger partial charge in [0.25, 0.3) is 0 Å². The molecule has 0 spiro atoms. The largest absolute Gasteiger partial charge is 1.00 e. The van der Waals surface area contributed by atoms with E-state index in [4.69, 9.17) is 4.74 Å². The highest BCUT2D eigenvalue weighted by Gasteiger charge is 2.42. The summed E-state index contributed by atoms with van der Waals surface area (Å²) in [5.74, 6) is -0.0451. The monoisotopic (exact) mass is 451 g/mol. The third kappa shape index (κ3) is 6.72. The molecule has 0 aromatic heterocycles. The van der Waals surface area contributed by atoms with Crippen LogP contribution < -0.4 is 17.0 Å². The standard InChI is InChI=1S/C24H38NO2.BrH/c1-5-27-23(26)18-12-10-8-6-7-9-11-15-19-25-20(2)24(3,4)21-16-13-14-17-22(21)25;/h13-14,16-17H,5-12,15,18-19H2,1-4H3;1H/q+1;/p-1. The predicted octanol–water partition coefficient (Wildman–Crippen LogP) is 3.16. The summed E-state index contributed by atoms with van der Waals surface area (Å²) >= 11 is 0. The molecule has 28 heavy (non-hydrogen) atoms. The van der Waals surface area contributed by atoms with E-state index >= 15 is 0 Å². The van der Waals surface area contributed by atoms with E-state index in [0.29, 0.717) is 13.0 Å². The maximum Gasteiger partial charge on any atom is 0.305 e. The Kier molecular flexibility index (Phi) is 11.0. The van der Waals surface area contributed by atoms with Gasteiger partial charge in [0, 0.05) is 31.4 Å². The van der Waals surface area contributed by atoms with Crippen LogP contribution in [0.2, 0.25) is 0 Å². The molecule has 1 aromatic carbocycles. The summed E-state index contributed by atoms with van der Waals surface area (Å²) in [6, 6.07) is 8.86. The highest BCUT2D eigenvalue weighted by molar-refractivity contribution is 5.93. The van der Waals surface area contributed by atoms with E-state index in [1.54, 1.807) is 0 Å². The number of ether oxygens (including phenoxy) is 1. The molecule has 4 heteroatoms. The van der Waals surface area contributed by atoms with Crippen molar-refractivity contribution in [2.45, 2.75) is 90.9 Å². The number of carbonyl (C=O) groups is 1. The molecule has 0 atom stereocenters. The number of benzene rings is 1. The molecule has 1 heterocycles. The maximum absolute atomic E-state index is 11.3. The molecule has 0 saturated heterocycles. The first kappa shape index (κ1) is 24.9. The molecule has 158 valence electrons. The summed E-state index contributed by atoms with van der Waals surface area (Å²) in [7, 11) is 0.